The van der Waals surface area contributed by atoms with Gasteiger partial charge in [-0.05, 0) is 138 Å². The summed E-state index contributed by atoms with van der Waals surface area (Å²) in [6.07, 6.45) is 3.28. The third-order valence-corrected chi connectivity index (χ3v) is 11.9. The number of nitrogens with zero attached hydrogens (tertiary/aromatic N) is 2. The van der Waals surface area contributed by atoms with Crippen molar-refractivity contribution in [1.82, 2.24) is 0 Å². The van der Waals surface area contributed by atoms with Crippen molar-refractivity contribution in [3.63, 3.8) is 0 Å². The summed E-state index contributed by atoms with van der Waals surface area (Å²) < 4.78 is 0. The van der Waals surface area contributed by atoms with E-state index in [4.69, 9.17) is 0 Å². The summed E-state index contributed by atoms with van der Waals surface area (Å²) in [5.74, 6) is 0. The predicted molar refractivity (Wildman–Crippen MR) is 277 cm³/mol. The van der Waals surface area contributed by atoms with E-state index in [-0.39, 0.29) is 0 Å². The molecule has 2 heteroatoms. The Labute approximate surface area is 375 Å². The zero-order valence-electron chi connectivity index (χ0n) is 35.6. The van der Waals surface area contributed by atoms with Crippen molar-refractivity contribution in [2.75, 3.05) is 9.80 Å². The zero-order valence-corrected chi connectivity index (χ0v) is 35.6. The average molecular weight is 819 g/mol. The monoisotopic (exact) mass is 818 g/mol. The molecule has 0 aliphatic carbocycles. The third-order valence-electron chi connectivity index (χ3n) is 11.9. The molecule has 0 saturated heterocycles. The molecule has 0 aromatic heterocycles. The van der Waals surface area contributed by atoms with Crippen LogP contribution >= 0.6 is 0 Å². The van der Waals surface area contributed by atoms with Crippen LogP contribution in [0.25, 0.3) is 65.3 Å². The fourth-order valence-electron chi connectivity index (χ4n) is 8.62. The normalized spacial score (nSPS) is 10.9. The SMILES string of the molecule is C=CC=C.c1ccc2cc(N(c3ccc(-c4ccc(-c5ccc(N(c6ccc7ccccc7c6)c6ccc7ccccc7c6)cc5)cc4)cc3)c3ccc4ccccc4c3)ccc2c1. The van der Waals surface area contributed by atoms with Crippen molar-refractivity contribution in [2.45, 2.75) is 0 Å². The Hall–Kier alpha value is -8.46. The highest BCUT2D eigenvalue weighted by Gasteiger charge is 2.16. The van der Waals surface area contributed by atoms with Crippen LogP contribution < -0.4 is 9.80 Å². The third kappa shape index (κ3) is 8.16. The van der Waals surface area contributed by atoms with Crippen molar-refractivity contribution in [1.29, 1.82) is 0 Å². The maximum Gasteiger partial charge on any atom is 0.0468 e. The smallest absolute Gasteiger partial charge is 0.0468 e. The molecule has 0 aliphatic heterocycles. The molecule has 11 aromatic carbocycles. The van der Waals surface area contributed by atoms with E-state index in [0.717, 1.165) is 34.1 Å². The van der Waals surface area contributed by atoms with E-state index in [2.05, 4.69) is 266 Å². The van der Waals surface area contributed by atoms with E-state index in [0.29, 0.717) is 0 Å². The van der Waals surface area contributed by atoms with Crippen molar-refractivity contribution >= 4 is 77.2 Å². The second kappa shape index (κ2) is 17.9. The average Bonchev–Trinajstić information content (AvgIpc) is 3.37. The molecule has 64 heavy (non-hydrogen) atoms. The molecule has 0 radical (unpaired) electrons. The van der Waals surface area contributed by atoms with Crippen LogP contribution in [-0.4, -0.2) is 0 Å². The first kappa shape index (κ1) is 39.7. The molecule has 11 aromatic rings. The second-order valence-corrected chi connectivity index (χ2v) is 15.9. The molecule has 0 fully saturated rings. The summed E-state index contributed by atoms with van der Waals surface area (Å²) in [6, 6.07) is 88.0. The molecule has 0 N–H and O–H groups in total. The predicted octanol–water partition coefficient (Wildman–Crippen LogP) is 17.9. The molecule has 11 rings (SSSR count). The topological polar surface area (TPSA) is 6.48 Å². The molecule has 304 valence electrons. The Morgan fingerprint density at radius 3 is 0.656 bits per heavy atom. The van der Waals surface area contributed by atoms with Gasteiger partial charge in [-0.3, -0.25) is 0 Å². The van der Waals surface area contributed by atoms with Crippen molar-refractivity contribution < 1.29 is 0 Å². The van der Waals surface area contributed by atoms with E-state index < -0.39 is 0 Å². The largest absolute Gasteiger partial charge is 0.310 e. The van der Waals surface area contributed by atoms with Crippen LogP contribution in [0.3, 0.4) is 0 Å². The van der Waals surface area contributed by atoms with E-state index in [1.54, 1.807) is 12.2 Å². The Balaban J connectivity index is 0.00000116. The van der Waals surface area contributed by atoms with Gasteiger partial charge >= 0.3 is 0 Å². The summed E-state index contributed by atoms with van der Waals surface area (Å²) >= 11 is 0. The fourth-order valence-corrected chi connectivity index (χ4v) is 8.62. The Morgan fingerprint density at radius 1 is 0.219 bits per heavy atom. The Morgan fingerprint density at radius 2 is 0.422 bits per heavy atom. The zero-order chi connectivity index (χ0) is 43.2. The highest BCUT2D eigenvalue weighted by molar-refractivity contribution is 5.94. The minimum Gasteiger partial charge on any atom is -0.310 e. The Bertz CT molecular complexity index is 3030. The van der Waals surface area contributed by atoms with Crippen LogP contribution in [0.1, 0.15) is 0 Å². The minimum absolute atomic E-state index is 1.11. The molecule has 0 atom stereocenters. The van der Waals surface area contributed by atoms with E-state index in [1.807, 2.05) is 0 Å². The number of anilines is 6. The Kier molecular flexibility index (Phi) is 11.1. The summed E-state index contributed by atoms with van der Waals surface area (Å²) in [7, 11) is 0. The maximum atomic E-state index is 3.36. The first-order chi connectivity index (χ1) is 31.6. The van der Waals surface area contributed by atoms with Crippen LogP contribution in [0.5, 0.6) is 0 Å². The van der Waals surface area contributed by atoms with Crippen molar-refractivity contribution in [3.8, 4) is 22.3 Å². The van der Waals surface area contributed by atoms with Gasteiger partial charge in [0.25, 0.3) is 0 Å². The van der Waals surface area contributed by atoms with Gasteiger partial charge in [0.15, 0.2) is 0 Å². The van der Waals surface area contributed by atoms with E-state index >= 15 is 0 Å². The summed E-state index contributed by atoms with van der Waals surface area (Å²) in [6.45, 7) is 6.72. The van der Waals surface area contributed by atoms with Crippen LogP contribution in [0.2, 0.25) is 0 Å². The lowest BCUT2D eigenvalue weighted by Gasteiger charge is -2.26. The molecule has 0 heterocycles. The van der Waals surface area contributed by atoms with Crippen LogP contribution in [0.15, 0.2) is 268 Å². The number of allylic oxidation sites excluding steroid dienone is 2. The van der Waals surface area contributed by atoms with Gasteiger partial charge < -0.3 is 9.80 Å². The fraction of sp³-hybridized carbons (Fsp3) is 0. The van der Waals surface area contributed by atoms with E-state index in [9.17, 15) is 0 Å². The number of hydrogen-bond donors (Lipinski definition) is 0. The maximum absolute atomic E-state index is 3.36. The van der Waals surface area contributed by atoms with Gasteiger partial charge in [-0.15, -0.1) is 0 Å². The molecule has 0 amide bonds. The van der Waals surface area contributed by atoms with Crippen LogP contribution in [-0.2, 0) is 0 Å². The van der Waals surface area contributed by atoms with Crippen LogP contribution in [0.4, 0.5) is 34.1 Å². The van der Waals surface area contributed by atoms with Gasteiger partial charge in [0.1, 0.15) is 0 Å². The second-order valence-electron chi connectivity index (χ2n) is 15.9. The summed E-state index contributed by atoms with van der Waals surface area (Å²) in [5.41, 5.74) is 11.5. The standard InChI is InChI=1S/C58H40N2.C4H6/c1-5-13-49-37-55(33-25-41(49)9-1)59(56-34-26-42-10-2-6-14-50(42)38-56)53-29-21-47(22-30-53)45-17-19-46(20-18-45)48-23-31-54(32-24-48)60(57-35-27-43-11-3-7-15-51(43)39-57)58-36-28-44-12-4-8-16-52(44)40-58;1-3-4-2/h1-40H;3-4H,1-2H2. The number of benzene rings is 11. The van der Waals surface area contributed by atoms with Gasteiger partial charge in [0.05, 0.1) is 0 Å². The van der Waals surface area contributed by atoms with E-state index in [1.165, 1.54) is 65.3 Å². The summed E-state index contributed by atoms with van der Waals surface area (Å²) in [4.78, 5) is 4.72. The first-order valence-electron chi connectivity index (χ1n) is 21.7. The molecule has 0 spiro atoms. The van der Waals surface area contributed by atoms with Gasteiger partial charge in [0, 0.05) is 34.1 Å². The van der Waals surface area contributed by atoms with Gasteiger partial charge in [0.2, 0.25) is 0 Å². The minimum atomic E-state index is 1.11. The summed E-state index contributed by atoms with van der Waals surface area (Å²) in [5, 5.41) is 9.83. The van der Waals surface area contributed by atoms with Gasteiger partial charge in [-0.25, -0.2) is 0 Å². The molecule has 0 unspecified atom stereocenters. The molecule has 0 bridgehead atoms. The molecule has 0 aliphatic rings. The molecule has 2 nitrogen and oxygen atoms in total. The molecule has 0 saturated carbocycles. The lowest BCUT2D eigenvalue weighted by atomic mass is 9.99. The van der Waals surface area contributed by atoms with Gasteiger partial charge in [-0.2, -0.15) is 0 Å². The number of fused-ring (bicyclic) bond motifs is 4. The van der Waals surface area contributed by atoms with Crippen molar-refractivity contribution in [3.05, 3.63) is 268 Å². The first-order valence-corrected chi connectivity index (χ1v) is 21.7. The quantitative estimate of drug-likeness (QED) is 0.134. The van der Waals surface area contributed by atoms with Gasteiger partial charge in [-0.1, -0.05) is 195 Å². The lowest BCUT2D eigenvalue weighted by Crippen LogP contribution is -2.10. The molecular formula is C62H46N2. The lowest BCUT2D eigenvalue weighted by molar-refractivity contribution is 1.29. The highest BCUT2D eigenvalue weighted by atomic mass is 15.1. The number of rotatable bonds is 9. The number of hydrogen-bond acceptors (Lipinski definition) is 2. The van der Waals surface area contributed by atoms with Crippen LogP contribution in [0, 0.1) is 0 Å². The molecular weight excluding hydrogens is 773 g/mol. The highest BCUT2D eigenvalue weighted by Crippen LogP contribution is 2.40. The van der Waals surface area contributed by atoms with Crippen molar-refractivity contribution in [2.24, 2.45) is 0 Å².